The maximum absolute atomic E-state index is 10.6. The fourth-order valence-corrected chi connectivity index (χ4v) is 2.85. The number of non-ortho nitro benzene ring substituents is 1. The molecule has 7 nitrogen and oxygen atoms in total. The van der Waals surface area contributed by atoms with Crippen LogP contribution in [0.3, 0.4) is 0 Å². The van der Waals surface area contributed by atoms with Gasteiger partial charge in [-0.05, 0) is 43.5 Å². The number of fused-ring (bicyclic) bond motifs is 1. The second kappa shape index (κ2) is 6.66. The highest BCUT2D eigenvalue weighted by Gasteiger charge is 2.18. The normalized spacial score (nSPS) is 14.0. The number of aryl methyl sites for hydroxylation is 1. The summed E-state index contributed by atoms with van der Waals surface area (Å²) < 4.78 is 0. The van der Waals surface area contributed by atoms with Gasteiger partial charge < -0.3 is 10.0 Å². The van der Waals surface area contributed by atoms with E-state index < -0.39 is 4.92 Å². The lowest BCUT2D eigenvalue weighted by Gasteiger charge is -2.30. The molecule has 0 spiro atoms. The Kier molecular flexibility index (Phi) is 4.41. The first kappa shape index (κ1) is 15.9. The van der Waals surface area contributed by atoms with Crippen molar-refractivity contribution < 1.29 is 10.0 Å². The molecule has 24 heavy (non-hydrogen) atoms. The molecule has 124 valence electrons. The number of aromatic hydroxyl groups is 1. The van der Waals surface area contributed by atoms with Crippen LogP contribution >= 0.6 is 0 Å². The molecule has 7 heteroatoms. The monoisotopic (exact) mass is 326 g/mol. The molecule has 1 heterocycles. The van der Waals surface area contributed by atoms with Gasteiger partial charge >= 0.3 is 0 Å². The first-order valence-corrected chi connectivity index (χ1v) is 7.85. The van der Waals surface area contributed by atoms with E-state index in [-0.39, 0.29) is 11.4 Å². The van der Waals surface area contributed by atoms with Crippen molar-refractivity contribution in [2.24, 2.45) is 10.2 Å². The molecule has 0 amide bonds. The number of nitrogens with zero attached hydrogens (tertiary/aromatic N) is 4. The number of benzene rings is 2. The van der Waals surface area contributed by atoms with Gasteiger partial charge in [-0.3, -0.25) is 10.1 Å². The van der Waals surface area contributed by atoms with E-state index in [0.29, 0.717) is 11.4 Å². The molecule has 1 N–H and O–H groups in total. The van der Waals surface area contributed by atoms with Gasteiger partial charge in [0.2, 0.25) is 0 Å². The van der Waals surface area contributed by atoms with Crippen molar-refractivity contribution in [2.45, 2.75) is 19.8 Å². The Balaban J connectivity index is 1.86. The van der Waals surface area contributed by atoms with E-state index >= 15 is 0 Å². The van der Waals surface area contributed by atoms with E-state index in [9.17, 15) is 15.2 Å². The minimum atomic E-state index is -0.463. The second-order valence-corrected chi connectivity index (χ2v) is 5.63. The molecule has 0 saturated carbocycles. The summed E-state index contributed by atoms with van der Waals surface area (Å²) in [4.78, 5) is 12.4. The fourth-order valence-electron chi connectivity index (χ4n) is 2.85. The zero-order valence-corrected chi connectivity index (χ0v) is 13.3. The molecule has 0 radical (unpaired) electrons. The number of azo groups is 1. The molecule has 2 aromatic rings. The van der Waals surface area contributed by atoms with Gasteiger partial charge in [-0.15, -0.1) is 5.11 Å². The molecular formula is C17H18N4O3. The zero-order valence-electron chi connectivity index (χ0n) is 13.3. The largest absolute Gasteiger partial charge is 0.506 e. The predicted octanol–water partition coefficient (Wildman–Crippen LogP) is 4.49. The smallest absolute Gasteiger partial charge is 0.269 e. The van der Waals surface area contributed by atoms with Crippen molar-refractivity contribution in [1.29, 1.82) is 0 Å². The van der Waals surface area contributed by atoms with Gasteiger partial charge in [-0.25, -0.2) is 0 Å². The van der Waals surface area contributed by atoms with Gasteiger partial charge in [0.05, 0.1) is 10.6 Å². The Morgan fingerprint density at radius 3 is 2.67 bits per heavy atom. The maximum atomic E-state index is 10.6. The van der Waals surface area contributed by atoms with Gasteiger partial charge in [-0.2, -0.15) is 5.11 Å². The van der Waals surface area contributed by atoms with Gasteiger partial charge in [0, 0.05) is 37.0 Å². The lowest BCUT2D eigenvalue weighted by Crippen LogP contribution is -2.28. The molecule has 3 rings (SSSR count). The average Bonchev–Trinajstić information content (AvgIpc) is 2.59. The van der Waals surface area contributed by atoms with Crippen LogP contribution in [0.5, 0.6) is 5.75 Å². The second-order valence-electron chi connectivity index (χ2n) is 5.63. The molecule has 0 fully saturated rings. The summed E-state index contributed by atoms with van der Waals surface area (Å²) >= 11 is 0. The highest BCUT2D eigenvalue weighted by atomic mass is 16.6. The Morgan fingerprint density at radius 1 is 1.25 bits per heavy atom. The summed E-state index contributed by atoms with van der Waals surface area (Å²) in [6.07, 6.45) is 2.02. The van der Waals surface area contributed by atoms with E-state index in [0.717, 1.165) is 37.2 Å². The van der Waals surface area contributed by atoms with E-state index in [4.69, 9.17) is 0 Å². The average molecular weight is 326 g/mol. The highest BCUT2D eigenvalue weighted by Crippen LogP contribution is 2.38. The van der Waals surface area contributed by atoms with Crippen LogP contribution in [0.25, 0.3) is 0 Å². The molecule has 2 aromatic carbocycles. The predicted molar refractivity (Wildman–Crippen MR) is 91.6 cm³/mol. The Labute approximate surface area is 139 Å². The minimum Gasteiger partial charge on any atom is -0.506 e. The third kappa shape index (κ3) is 3.19. The van der Waals surface area contributed by atoms with Crippen LogP contribution in [0.4, 0.5) is 22.7 Å². The Bertz CT molecular complexity index is 787. The number of hydrogen-bond acceptors (Lipinski definition) is 6. The van der Waals surface area contributed by atoms with E-state index in [1.807, 2.05) is 6.07 Å². The summed E-state index contributed by atoms with van der Waals surface area (Å²) in [6, 6.07) is 9.40. The van der Waals surface area contributed by atoms with Crippen molar-refractivity contribution in [2.75, 3.05) is 18.0 Å². The standard InChI is InChI=1S/C17H18N4O3/c1-2-20-9-3-4-12-10-15(17(22)11-16(12)20)19-18-13-5-7-14(8-6-13)21(23)24/h5-8,10-11,22H,2-4,9H2,1H3/b19-18+. The van der Waals surface area contributed by atoms with Gasteiger partial charge in [0.15, 0.2) is 0 Å². The number of phenolic OH excluding ortho intramolecular Hbond substituents is 1. The Hall–Kier alpha value is -2.96. The molecule has 1 aliphatic heterocycles. The summed E-state index contributed by atoms with van der Waals surface area (Å²) in [5.74, 6) is 0.0831. The minimum absolute atomic E-state index is 0.00485. The SMILES string of the molecule is CCN1CCCc2cc(/N=N/c3ccc([N+](=O)[O-])cc3)c(O)cc21. The maximum Gasteiger partial charge on any atom is 0.269 e. The van der Waals surface area contributed by atoms with Gasteiger partial charge in [0.25, 0.3) is 5.69 Å². The van der Waals surface area contributed by atoms with Crippen LogP contribution in [0.2, 0.25) is 0 Å². The van der Waals surface area contributed by atoms with E-state index in [1.165, 1.54) is 24.3 Å². The van der Waals surface area contributed by atoms with Crippen molar-refractivity contribution in [3.8, 4) is 5.75 Å². The van der Waals surface area contributed by atoms with Crippen LogP contribution in [-0.4, -0.2) is 23.1 Å². The number of nitro groups is 1. The van der Waals surface area contributed by atoms with Crippen LogP contribution in [0.15, 0.2) is 46.6 Å². The molecule has 1 aliphatic rings. The summed E-state index contributed by atoms with van der Waals surface area (Å²) in [5.41, 5.74) is 3.11. The molecule has 0 unspecified atom stereocenters. The molecule has 0 aromatic heterocycles. The quantitative estimate of drug-likeness (QED) is 0.509. The van der Waals surface area contributed by atoms with E-state index in [1.54, 1.807) is 6.07 Å². The first-order valence-electron chi connectivity index (χ1n) is 7.85. The lowest BCUT2D eigenvalue weighted by molar-refractivity contribution is -0.384. The highest BCUT2D eigenvalue weighted by molar-refractivity contribution is 5.67. The van der Waals surface area contributed by atoms with Crippen LogP contribution in [-0.2, 0) is 6.42 Å². The van der Waals surface area contributed by atoms with Crippen molar-refractivity contribution in [1.82, 2.24) is 0 Å². The number of rotatable bonds is 4. The topological polar surface area (TPSA) is 91.3 Å². The number of anilines is 1. The van der Waals surface area contributed by atoms with Crippen molar-refractivity contribution in [3.63, 3.8) is 0 Å². The van der Waals surface area contributed by atoms with Gasteiger partial charge in [0.1, 0.15) is 11.4 Å². The molecule has 0 aliphatic carbocycles. The third-order valence-electron chi connectivity index (χ3n) is 4.11. The van der Waals surface area contributed by atoms with Gasteiger partial charge in [-0.1, -0.05) is 0 Å². The molecule has 0 bridgehead atoms. The van der Waals surface area contributed by atoms with Crippen molar-refractivity contribution in [3.05, 3.63) is 52.1 Å². The van der Waals surface area contributed by atoms with Crippen LogP contribution in [0, 0.1) is 10.1 Å². The van der Waals surface area contributed by atoms with E-state index in [2.05, 4.69) is 22.1 Å². The van der Waals surface area contributed by atoms with Crippen molar-refractivity contribution >= 4 is 22.7 Å². The Morgan fingerprint density at radius 2 is 2.00 bits per heavy atom. The summed E-state index contributed by atoms with van der Waals surface area (Å²) in [7, 11) is 0. The fraction of sp³-hybridized carbons (Fsp3) is 0.294. The molecule has 0 saturated heterocycles. The molecule has 0 atom stereocenters. The number of hydrogen-bond donors (Lipinski definition) is 1. The van der Waals surface area contributed by atoms with Crippen LogP contribution < -0.4 is 4.90 Å². The number of nitro benzene ring substituents is 1. The summed E-state index contributed by atoms with van der Waals surface area (Å²) in [5, 5.41) is 29.0. The zero-order chi connectivity index (χ0) is 17.1. The first-order chi connectivity index (χ1) is 11.6. The summed E-state index contributed by atoms with van der Waals surface area (Å²) in [6.45, 7) is 3.98. The number of phenols is 1. The lowest BCUT2D eigenvalue weighted by atomic mass is 10.0. The molecular weight excluding hydrogens is 308 g/mol. The third-order valence-corrected chi connectivity index (χ3v) is 4.11. The van der Waals surface area contributed by atoms with Crippen LogP contribution in [0.1, 0.15) is 18.9 Å².